The van der Waals surface area contributed by atoms with E-state index in [-0.39, 0.29) is 10.5 Å². The van der Waals surface area contributed by atoms with Gasteiger partial charge in [0.1, 0.15) is 12.4 Å². The highest BCUT2D eigenvalue weighted by Gasteiger charge is 2.45. The molecule has 6 rings (SSSR count). The van der Waals surface area contributed by atoms with Crippen LogP contribution in [0, 0.1) is 0 Å². The van der Waals surface area contributed by atoms with Gasteiger partial charge >= 0.3 is 0 Å². The second-order valence-electron chi connectivity index (χ2n) is 8.93. The van der Waals surface area contributed by atoms with Crippen molar-refractivity contribution in [2.24, 2.45) is 6.26 Å². The lowest BCUT2D eigenvalue weighted by molar-refractivity contribution is 0.00804. The van der Waals surface area contributed by atoms with Gasteiger partial charge in [-0.05, 0) is 24.6 Å². The molecule has 1 aromatic heterocycles. The Labute approximate surface area is 192 Å². The molecule has 5 nitrogen and oxygen atoms in total. The summed E-state index contributed by atoms with van der Waals surface area (Å²) in [6.45, 7) is 8.96. The van der Waals surface area contributed by atoms with Crippen LogP contribution in [-0.4, -0.2) is 68.6 Å². The number of hydrogen-bond acceptors (Lipinski definition) is 5. The molecule has 3 aliphatic heterocycles. The van der Waals surface area contributed by atoms with Gasteiger partial charge < -0.3 is 14.5 Å². The van der Waals surface area contributed by atoms with Gasteiger partial charge in [0.2, 0.25) is 5.00 Å². The van der Waals surface area contributed by atoms with Gasteiger partial charge in [-0.3, -0.25) is 9.80 Å². The lowest BCUT2D eigenvalue weighted by Gasteiger charge is -2.36. The number of thiophene rings is 1. The minimum atomic E-state index is 0.164. The van der Waals surface area contributed by atoms with Crippen LogP contribution in [0.2, 0.25) is 5.02 Å². The fourth-order valence-corrected chi connectivity index (χ4v) is 8.13. The molecule has 7 heteroatoms. The van der Waals surface area contributed by atoms with E-state index in [9.17, 15) is 0 Å². The Balaban J connectivity index is 1.40. The second-order valence-corrected chi connectivity index (χ2v) is 11.2. The number of rotatable bonds is 3. The van der Waals surface area contributed by atoms with Gasteiger partial charge in [-0.15, -0.1) is 0 Å². The molecule has 31 heavy (non-hydrogen) atoms. The summed E-state index contributed by atoms with van der Waals surface area (Å²) in [5, 5.41) is 2.45. The average Bonchev–Trinajstić information content (AvgIpc) is 3.44. The molecule has 0 saturated carbocycles. The third kappa shape index (κ3) is 3.40. The van der Waals surface area contributed by atoms with Crippen molar-refractivity contribution in [2.75, 3.05) is 62.4 Å². The predicted octanol–water partition coefficient (Wildman–Crippen LogP) is 3.95. The minimum absolute atomic E-state index is 0.164. The molecule has 2 fully saturated rings. The van der Waals surface area contributed by atoms with Crippen molar-refractivity contribution in [2.45, 2.75) is 19.1 Å². The summed E-state index contributed by atoms with van der Waals surface area (Å²) >= 11 is 6.70. The van der Waals surface area contributed by atoms with E-state index in [1.165, 1.54) is 0 Å². The van der Waals surface area contributed by atoms with Crippen LogP contribution in [0.15, 0.2) is 30.3 Å². The summed E-state index contributed by atoms with van der Waals surface area (Å²) in [6.07, 6.45) is 8.61. The van der Waals surface area contributed by atoms with Crippen LogP contribution < -0.4 is 9.80 Å². The highest BCUT2D eigenvalue weighted by Crippen LogP contribution is 2.50. The van der Waals surface area contributed by atoms with E-state index in [0.29, 0.717) is 6.17 Å². The SMILES string of the molecule is C[s+]1c2c(c3c1N1CCN(CN4CCOCC4)C1CN(c1ccccc1Cl)C3)CC=C2. The Morgan fingerprint density at radius 3 is 2.77 bits per heavy atom. The molecule has 1 aliphatic carbocycles. The van der Waals surface area contributed by atoms with Gasteiger partial charge in [-0.25, -0.2) is 0 Å². The Hall–Kier alpha value is -1.57. The molecule has 164 valence electrons. The molecule has 2 atom stereocenters. The first-order valence-electron chi connectivity index (χ1n) is 11.3. The molecule has 0 radical (unpaired) electrons. The Kier molecular flexibility index (Phi) is 5.23. The summed E-state index contributed by atoms with van der Waals surface area (Å²) in [5.74, 6) is 0. The number of halogens is 1. The summed E-state index contributed by atoms with van der Waals surface area (Å²) in [5.41, 5.74) is 4.29. The van der Waals surface area contributed by atoms with Crippen LogP contribution >= 0.6 is 22.1 Å². The third-order valence-corrected chi connectivity index (χ3v) is 9.64. The first-order chi connectivity index (χ1) is 15.2. The van der Waals surface area contributed by atoms with Crippen LogP contribution in [0.1, 0.15) is 16.0 Å². The maximum atomic E-state index is 6.70. The first kappa shape index (κ1) is 20.1. The zero-order valence-electron chi connectivity index (χ0n) is 18.1. The Morgan fingerprint density at radius 2 is 1.94 bits per heavy atom. The zero-order chi connectivity index (χ0) is 20.9. The van der Waals surface area contributed by atoms with E-state index in [1.54, 1.807) is 21.0 Å². The van der Waals surface area contributed by atoms with Crippen LogP contribution in [0.4, 0.5) is 10.7 Å². The molecule has 2 saturated heterocycles. The number of para-hydroxylation sites is 1. The second kappa shape index (κ2) is 8.09. The van der Waals surface area contributed by atoms with Crippen molar-refractivity contribution >= 4 is 38.8 Å². The van der Waals surface area contributed by atoms with Gasteiger partial charge in [0, 0.05) is 42.2 Å². The van der Waals surface area contributed by atoms with Gasteiger partial charge in [0.15, 0.2) is 4.88 Å². The van der Waals surface area contributed by atoms with E-state index in [2.05, 4.69) is 50.1 Å². The number of benzene rings is 1. The third-order valence-electron chi connectivity index (χ3n) is 7.21. The largest absolute Gasteiger partial charge is 0.379 e. The molecule has 1 aromatic carbocycles. The van der Waals surface area contributed by atoms with Gasteiger partial charge in [0.25, 0.3) is 0 Å². The topological polar surface area (TPSA) is 22.2 Å². The monoisotopic (exact) mass is 457 g/mol. The lowest BCUT2D eigenvalue weighted by atomic mass is 10.1. The van der Waals surface area contributed by atoms with Crippen molar-refractivity contribution < 1.29 is 4.74 Å². The Bertz CT molecular complexity index is 1020. The summed E-state index contributed by atoms with van der Waals surface area (Å²) in [4.78, 5) is 12.1. The summed E-state index contributed by atoms with van der Waals surface area (Å²) in [7, 11) is 0.164. The van der Waals surface area contributed by atoms with Crippen LogP contribution in [0.25, 0.3) is 6.08 Å². The van der Waals surface area contributed by atoms with E-state index in [4.69, 9.17) is 16.3 Å². The molecule has 4 aliphatic rings. The molecule has 2 unspecified atom stereocenters. The van der Waals surface area contributed by atoms with Gasteiger partial charge in [-0.1, -0.05) is 29.8 Å². The lowest BCUT2D eigenvalue weighted by Crippen LogP contribution is -2.51. The first-order valence-corrected chi connectivity index (χ1v) is 13.3. The van der Waals surface area contributed by atoms with Gasteiger partial charge in [-0.2, -0.15) is 0 Å². The molecule has 0 bridgehead atoms. The van der Waals surface area contributed by atoms with Gasteiger partial charge in [0.05, 0.1) is 49.2 Å². The van der Waals surface area contributed by atoms with Crippen LogP contribution in [-0.2, 0) is 24.0 Å². The smallest absolute Gasteiger partial charge is 0.250 e. The molecular formula is C24H30ClN4OS+. The average molecular weight is 458 g/mol. The van der Waals surface area contributed by atoms with E-state index in [1.807, 2.05) is 12.1 Å². The molecule has 0 spiro atoms. The number of ether oxygens (including phenoxy) is 1. The number of fused-ring (bicyclic) bond motifs is 5. The summed E-state index contributed by atoms with van der Waals surface area (Å²) < 4.78 is 5.58. The number of allylic oxidation sites excluding steroid dienone is 1. The number of hydrogen-bond donors (Lipinski definition) is 0. The highest BCUT2D eigenvalue weighted by atomic mass is 35.5. The quantitative estimate of drug-likeness (QED) is 0.649. The van der Waals surface area contributed by atoms with Crippen LogP contribution in [0.3, 0.4) is 0 Å². The van der Waals surface area contributed by atoms with E-state index < -0.39 is 0 Å². The molecule has 0 N–H and O–H groups in total. The number of nitrogens with zero attached hydrogens (tertiary/aromatic N) is 4. The van der Waals surface area contributed by atoms with Crippen molar-refractivity contribution in [3.05, 3.63) is 51.4 Å². The highest BCUT2D eigenvalue weighted by molar-refractivity contribution is 7.34. The van der Waals surface area contributed by atoms with E-state index in [0.717, 1.165) is 76.3 Å². The normalized spacial score (nSPS) is 24.3. The van der Waals surface area contributed by atoms with Crippen molar-refractivity contribution in [3.8, 4) is 0 Å². The maximum Gasteiger partial charge on any atom is 0.250 e. The zero-order valence-corrected chi connectivity index (χ0v) is 19.7. The molecule has 4 heterocycles. The van der Waals surface area contributed by atoms with Crippen molar-refractivity contribution in [3.63, 3.8) is 0 Å². The Morgan fingerprint density at radius 1 is 1.10 bits per heavy atom. The fourth-order valence-electron chi connectivity index (χ4n) is 5.67. The summed E-state index contributed by atoms with van der Waals surface area (Å²) in [6, 6.07) is 8.35. The minimum Gasteiger partial charge on any atom is -0.379 e. The van der Waals surface area contributed by atoms with Crippen LogP contribution in [0.5, 0.6) is 0 Å². The molecule has 2 aromatic rings. The van der Waals surface area contributed by atoms with Crippen molar-refractivity contribution in [1.29, 1.82) is 0 Å². The maximum absolute atomic E-state index is 6.70. The number of anilines is 2. The molecular weight excluding hydrogens is 428 g/mol. The number of morpholine rings is 1. The predicted molar refractivity (Wildman–Crippen MR) is 130 cm³/mol. The standard InChI is InChI=1S/C24H30ClN4OS/c1-31-22-8-4-5-18(22)19-15-28(21-7-3-2-6-20(21)25)16-23-27(9-10-29(23)24(19)31)17-26-11-13-30-14-12-26/h2-4,6-8,23H,5,9-17H2,1H3/q+1. The van der Waals surface area contributed by atoms with Crippen molar-refractivity contribution in [1.82, 2.24) is 9.80 Å². The molecule has 0 amide bonds. The fraction of sp³-hybridized carbons (Fsp3) is 0.500. The van der Waals surface area contributed by atoms with E-state index >= 15 is 0 Å².